The van der Waals surface area contributed by atoms with Crippen molar-refractivity contribution in [3.63, 3.8) is 0 Å². The minimum absolute atomic E-state index is 0.0943. The number of aromatic nitrogens is 2. The number of morpholine rings is 1. The third-order valence-corrected chi connectivity index (χ3v) is 3.89. The van der Waals surface area contributed by atoms with E-state index >= 15 is 0 Å². The number of benzene rings is 1. The van der Waals surface area contributed by atoms with Gasteiger partial charge in [-0.1, -0.05) is 12.1 Å². The van der Waals surface area contributed by atoms with Gasteiger partial charge in [-0.3, -0.25) is 4.79 Å². The molecule has 1 saturated heterocycles. The first kappa shape index (κ1) is 17.6. The van der Waals surface area contributed by atoms with E-state index in [0.717, 1.165) is 12.1 Å². The van der Waals surface area contributed by atoms with Crippen LogP contribution in [-0.2, 0) is 10.9 Å². The summed E-state index contributed by atoms with van der Waals surface area (Å²) in [5, 5.41) is -0.144. The molecule has 3 rings (SSSR count). The number of carbonyl (C=O) groups is 1. The fourth-order valence-electron chi connectivity index (χ4n) is 2.43. The largest absolute Gasteiger partial charge is 0.416 e. The first-order valence-corrected chi connectivity index (χ1v) is 7.81. The molecule has 0 bridgehead atoms. The number of hydrogen-bond acceptors (Lipinski definition) is 4. The van der Waals surface area contributed by atoms with E-state index in [4.69, 9.17) is 16.3 Å². The van der Waals surface area contributed by atoms with Crippen LogP contribution in [0.4, 0.5) is 13.2 Å². The van der Waals surface area contributed by atoms with E-state index in [1.165, 1.54) is 18.2 Å². The van der Waals surface area contributed by atoms with E-state index in [1.54, 1.807) is 4.90 Å². The number of rotatable bonds is 2. The zero-order valence-corrected chi connectivity index (χ0v) is 13.6. The van der Waals surface area contributed by atoms with Crippen molar-refractivity contribution < 1.29 is 22.7 Å². The average Bonchev–Trinajstić information content (AvgIpc) is 2.60. The average molecular weight is 372 g/mol. The van der Waals surface area contributed by atoms with Crippen molar-refractivity contribution >= 4 is 17.5 Å². The zero-order valence-electron chi connectivity index (χ0n) is 12.9. The highest BCUT2D eigenvalue weighted by atomic mass is 35.5. The van der Waals surface area contributed by atoms with Gasteiger partial charge in [-0.15, -0.1) is 0 Å². The monoisotopic (exact) mass is 371 g/mol. The predicted octanol–water partition coefficient (Wildman–Crippen LogP) is 3.29. The van der Waals surface area contributed by atoms with Gasteiger partial charge in [0.2, 0.25) is 5.28 Å². The molecule has 1 aliphatic heterocycles. The molecule has 0 aliphatic carbocycles. The molecule has 132 valence electrons. The van der Waals surface area contributed by atoms with Gasteiger partial charge in [-0.2, -0.15) is 13.2 Å². The minimum Gasteiger partial charge on any atom is -0.378 e. The fourth-order valence-corrected chi connectivity index (χ4v) is 2.62. The molecule has 0 atom stereocenters. The van der Waals surface area contributed by atoms with Crippen LogP contribution in [-0.4, -0.2) is 47.1 Å². The van der Waals surface area contributed by atoms with Gasteiger partial charge in [-0.05, 0) is 29.8 Å². The van der Waals surface area contributed by atoms with Crippen LogP contribution >= 0.6 is 11.6 Å². The number of hydrogen-bond donors (Lipinski definition) is 0. The SMILES string of the molecule is O=C(c1cc(-c2ccc(C(F)(F)F)cc2)nc(Cl)n1)N1CCOCC1. The van der Waals surface area contributed by atoms with Gasteiger partial charge < -0.3 is 9.64 Å². The van der Waals surface area contributed by atoms with Crippen molar-refractivity contribution in [3.05, 3.63) is 46.9 Å². The Balaban J connectivity index is 1.90. The van der Waals surface area contributed by atoms with Gasteiger partial charge in [0.1, 0.15) is 5.69 Å². The summed E-state index contributed by atoms with van der Waals surface area (Å²) in [6, 6.07) is 5.89. The molecule has 1 amide bonds. The Morgan fingerprint density at radius 2 is 1.76 bits per heavy atom. The van der Waals surface area contributed by atoms with Crippen molar-refractivity contribution in [2.24, 2.45) is 0 Å². The molecular weight excluding hydrogens is 359 g/mol. The molecule has 0 radical (unpaired) electrons. The second-order valence-electron chi connectivity index (χ2n) is 5.39. The number of amides is 1. The molecule has 0 saturated carbocycles. The Morgan fingerprint density at radius 3 is 2.36 bits per heavy atom. The minimum atomic E-state index is -4.42. The zero-order chi connectivity index (χ0) is 18.0. The maximum atomic E-state index is 12.7. The Morgan fingerprint density at radius 1 is 1.12 bits per heavy atom. The highest BCUT2D eigenvalue weighted by molar-refractivity contribution is 6.28. The molecule has 2 aromatic rings. The molecule has 0 N–H and O–H groups in total. The Bertz CT molecular complexity index is 775. The van der Waals surface area contributed by atoms with Gasteiger partial charge in [0, 0.05) is 18.7 Å². The summed E-state index contributed by atoms with van der Waals surface area (Å²) in [5.41, 5.74) is 0.0245. The molecule has 0 unspecified atom stereocenters. The first-order valence-electron chi connectivity index (χ1n) is 7.44. The number of ether oxygens (including phenoxy) is 1. The van der Waals surface area contributed by atoms with Gasteiger partial charge in [0.15, 0.2) is 0 Å². The summed E-state index contributed by atoms with van der Waals surface area (Å²) in [6.07, 6.45) is -4.42. The van der Waals surface area contributed by atoms with Crippen molar-refractivity contribution in [2.75, 3.05) is 26.3 Å². The maximum absolute atomic E-state index is 12.7. The first-order chi connectivity index (χ1) is 11.8. The molecular formula is C16H13ClF3N3O2. The van der Waals surface area contributed by atoms with Crippen LogP contribution in [0.2, 0.25) is 5.28 Å². The molecule has 1 fully saturated rings. The summed E-state index contributed by atoms with van der Waals surface area (Å²) >= 11 is 5.89. The van der Waals surface area contributed by atoms with Gasteiger partial charge in [0.25, 0.3) is 5.91 Å². The van der Waals surface area contributed by atoms with Crippen LogP contribution < -0.4 is 0 Å². The Labute approximate surface area is 146 Å². The van der Waals surface area contributed by atoms with E-state index in [9.17, 15) is 18.0 Å². The molecule has 1 aromatic heterocycles. The highest BCUT2D eigenvalue weighted by Gasteiger charge is 2.30. The Hall–Kier alpha value is -2.19. The van der Waals surface area contributed by atoms with Crippen LogP contribution in [0.25, 0.3) is 11.3 Å². The van der Waals surface area contributed by atoms with Crippen LogP contribution in [0.5, 0.6) is 0 Å². The molecule has 2 heterocycles. The lowest BCUT2D eigenvalue weighted by molar-refractivity contribution is -0.137. The number of nitrogens with zero attached hydrogens (tertiary/aromatic N) is 3. The van der Waals surface area contributed by atoms with E-state index < -0.39 is 11.7 Å². The third kappa shape index (κ3) is 4.08. The smallest absolute Gasteiger partial charge is 0.378 e. The van der Waals surface area contributed by atoms with Crippen molar-refractivity contribution in [2.45, 2.75) is 6.18 Å². The highest BCUT2D eigenvalue weighted by Crippen LogP contribution is 2.31. The van der Waals surface area contributed by atoms with Gasteiger partial charge in [-0.25, -0.2) is 9.97 Å². The van der Waals surface area contributed by atoms with Crippen molar-refractivity contribution in [1.29, 1.82) is 0 Å². The van der Waals surface area contributed by atoms with Crippen LogP contribution in [0.1, 0.15) is 16.1 Å². The maximum Gasteiger partial charge on any atom is 0.416 e. The molecule has 9 heteroatoms. The van der Waals surface area contributed by atoms with Crippen LogP contribution in [0.3, 0.4) is 0 Å². The van der Waals surface area contributed by atoms with Gasteiger partial charge in [0.05, 0.1) is 24.5 Å². The lowest BCUT2D eigenvalue weighted by Crippen LogP contribution is -2.41. The molecule has 0 spiro atoms. The summed E-state index contributed by atoms with van der Waals surface area (Å²) < 4.78 is 43.2. The standard InChI is InChI=1S/C16H13ClF3N3O2/c17-15-21-12(10-1-3-11(4-2-10)16(18,19)20)9-13(22-15)14(24)23-5-7-25-8-6-23/h1-4,9H,5-8H2. The summed E-state index contributed by atoms with van der Waals surface area (Å²) in [5.74, 6) is -0.319. The lowest BCUT2D eigenvalue weighted by atomic mass is 10.1. The predicted molar refractivity (Wildman–Crippen MR) is 84.2 cm³/mol. The third-order valence-electron chi connectivity index (χ3n) is 3.72. The summed E-state index contributed by atoms with van der Waals surface area (Å²) in [7, 11) is 0. The van der Waals surface area contributed by atoms with Crippen LogP contribution in [0, 0.1) is 0 Å². The number of alkyl halides is 3. The van der Waals surface area contributed by atoms with Gasteiger partial charge >= 0.3 is 6.18 Å². The number of carbonyl (C=O) groups excluding carboxylic acids is 1. The number of halogens is 4. The van der Waals surface area contributed by atoms with E-state index in [-0.39, 0.29) is 22.6 Å². The van der Waals surface area contributed by atoms with Crippen molar-refractivity contribution in [3.8, 4) is 11.3 Å². The van der Waals surface area contributed by atoms with E-state index in [2.05, 4.69) is 9.97 Å². The van der Waals surface area contributed by atoms with E-state index in [0.29, 0.717) is 31.9 Å². The second kappa shape index (κ2) is 6.97. The molecule has 5 nitrogen and oxygen atoms in total. The summed E-state index contributed by atoms with van der Waals surface area (Å²) in [6.45, 7) is 1.76. The Kier molecular flexibility index (Phi) is 4.91. The molecule has 25 heavy (non-hydrogen) atoms. The summed E-state index contributed by atoms with van der Waals surface area (Å²) in [4.78, 5) is 22.0. The van der Waals surface area contributed by atoms with Crippen LogP contribution in [0.15, 0.2) is 30.3 Å². The normalized spacial score (nSPS) is 15.3. The molecule has 1 aliphatic rings. The quantitative estimate of drug-likeness (QED) is 0.760. The molecule has 1 aromatic carbocycles. The van der Waals surface area contributed by atoms with Crippen molar-refractivity contribution in [1.82, 2.24) is 14.9 Å². The topological polar surface area (TPSA) is 55.3 Å². The van der Waals surface area contributed by atoms with E-state index in [1.807, 2.05) is 0 Å². The second-order valence-corrected chi connectivity index (χ2v) is 5.73. The fraction of sp³-hybridized carbons (Fsp3) is 0.312. The lowest BCUT2D eigenvalue weighted by Gasteiger charge is -2.26.